The van der Waals surface area contributed by atoms with Crippen molar-refractivity contribution in [3.05, 3.63) is 82.9 Å². The number of carboxylic acid groups (broad SMARTS) is 1. The quantitative estimate of drug-likeness (QED) is 0.305. The highest BCUT2D eigenvalue weighted by Crippen LogP contribution is 2.51. The molecule has 0 aromatic heterocycles. The smallest absolute Gasteiger partial charge is 0.303 e. The molecule has 6 heteroatoms. The molecule has 0 amide bonds. The zero-order chi connectivity index (χ0) is 27.9. The van der Waals surface area contributed by atoms with Crippen LogP contribution in [0.25, 0.3) is 11.1 Å². The van der Waals surface area contributed by atoms with Crippen LogP contribution in [0.4, 0.5) is 8.78 Å². The molecule has 3 aromatic carbocycles. The highest BCUT2D eigenvalue weighted by Gasteiger charge is 2.37. The normalized spacial score (nSPS) is 15.9. The maximum absolute atomic E-state index is 15.0. The molecule has 4 nitrogen and oxygen atoms in total. The second kappa shape index (κ2) is 12.9. The summed E-state index contributed by atoms with van der Waals surface area (Å²) in [4.78, 5) is 10.9. The molecule has 0 heterocycles. The molecule has 4 rings (SSSR count). The predicted octanol–water partition coefficient (Wildman–Crippen LogP) is 8.56. The lowest BCUT2D eigenvalue weighted by molar-refractivity contribution is -0.136. The summed E-state index contributed by atoms with van der Waals surface area (Å²) in [6.07, 6.45) is 3.38. The van der Waals surface area contributed by atoms with E-state index in [1.165, 1.54) is 18.2 Å². The molecule has 1 atom stereocenters. The zero-order valence-electron chi connectivity index (χ0n) is 22.9. The third-order valence-electron chi connectivity index (χ3n) is 7.18. The summed E-state index contributed by atoms with van der Waals surface area (Å²) < 4.78 is 40.3. The summed E-state index contributed by atoms with van der Waals surface area (Å²) in [6, 6.07) is 15.0. The van der Waals surface area contributed by atoms with Gasteiger partial charge in [-0.2, -0.15) is 0 Å². The molecule has 1 fully saturated rings. The van der Waals surface area contributed by atoms with Crippen molar-refractivity contribution in [2.24, 2.45) is 5.41 Å². The Morgan fingerprint density at radius 2 is 1.74 bits per heavy atom. The Kier molecular flexibility index (Phi) is 9.90. The molecular weight excluding hydrogens is 486 g/mol. The first-order chi connectivity index (χ1) is 18.2. The summed E-state index contributed by atoms with van der Waals surface area (Å²) in [7, 11) is 1.57. The van der Waals surface area contributed by atoms with E-state index in [1.54, 1.807) is 25.3 Å². The molecule has 204 valence electrons. The third kappa shape index (κ3) is 7.12. The maximum atomic E-state index is 15.0. The molecule has 38 heavy (non-hydrogen) atoms. The largest absolute Gasteiger partial charge is 0.497 e. The molecule has 3 aromatic rings. The molecule has 1 aliphatic carbocycles. The molecule has 0 aliphatic heterocycles. The molecule has 1 N–H and O–H groups in total. The van der Waals surface area contributed by atoms with Crippen LogP contribution in [0.1, 0.15) is 76.0 Å². The van der Waals surface area contributed by atoms with Crippen LogP contribution in [0, 0.1) is 17.0 Å². The van der Waals surface area contributed by atoms with E-state index in [-0.39, 0.29) is 36.6 Å². The average molecular weight is 525 g/mol. The van der Waals surface area contributed by atoms with Crippen molar-refractivity contribution in [2.75, 3.05) is 7.11 Å². The first-order valence-corrected chi connectivity index (χ1v) is 13.3. The second-order valence-corrected chi connectivity index (χ2v) is 10.2. The van der Waals surface area contributed by atoms with Gasteiger partial charge in [-0.3, -0.25) is 4.79 Å². The number of aryl methyl sites for hydroxylation is 1. The highest BCUT2D eigenvalue weighted by atomic mass is 19.1. The van der Waals surface area contributed by atoms with E-state index in [0.29, 0.717) is 22.6 Å². The van der Waals surface area contributed by atoms with Crippen molar-refractivity contribution >= 4 is 5.97 Å². The number of carbonyl (C=O) groups is 1. The standard InChI is InChI=1S/C30H32F2O4.C2H6/c1-30(2)12-4-5-27(30)25-15-20(6-9-24(25)26-17-22(35-3)8-10-28(26)32)18-36-23-14-19(7-11-29(33)34)13-21(31)16-23;1-2/h6,8-10,13-17,27H,4-5,7,11-12,18H2,1-3H3,(H,33,34);1-2H3. The minimum Gasteiger partial charge on any atom is -0.497 e. The topological polar surface area (TPSA) is 55.8 Å². The Morgan fingerprint density at radius 3 is 2.39 bits per heavy atom. The van der Waals surface area contributed by atoms with Gasteiger partial charge in [-0.25, -0.2) is 8.78 Å². The van der Waals surface area contributed by atoms with E-state index in [2.05, 4.69) is 19.9 Å². The highest BCUT2D eigenvalue weighted by molar-refractivity contribution is 5.71. The van der Waals surface area contributed by atoms with Crippen LogP contribution in [0.15, 0.2) is 54.6 Å². The Morgan fingerprint density at radius 1 is 0.974 bits per heavy atom. The van der Waals surface area contributed by atoms with Gasteiger partial charge in [0.2, 0.25) is 0 Å². The molecule has 0 radical (unpaired) electrons. The second-order valence-electron chi connectivity index (χ2n) is 10.2. The number of hydrogen-bond acceptors (Lipinski definition) is 3. The van der Waals surface area contributed by atoms with Crippen LogP contribution in [0.5, 0.6) is 11.5 Å². The van der Waals surface area contributed by atoms with Crippen molar-refractivity contribution in [3.8, 4) is 22.6 Å². The molecule has 1 aliphatic rings. The van der Waals surface area contributed by atoms with E-state index in [9.17, 15) is 13.6 Å². The fourth-order valence-electron chi connectivity index (χ4n) is 5.24. The number of halogens is 2. The molecule has 0 bridgehead atoms. The SMILES string of the molecule is CC.COc1ccc(F)c(-c2ccc(COc3cc(F)cc(CCC(=O)O)c3)cc2C2CCCC2(C)C)c1. The lowest BCUT2D eigenvalue weighted by Crippen LogP contribution is -2.17. The fourth-order valence-corrected chi connectivity index (χ4v) is 5.24. The first-order valence-electron chi connectivity index (χ1n) is 13.3. The van der Waals surface area contributed by atoms with Crippen LogP contribution in [-0.4, -0.2) is 18.2 Å². The lowest BCUT2D eigenvalue weighted by atomic mass is 9.75. The number of hydrogen-bond donors (Lipinski definition) is 1. The number of rotatable bonds is 9. The monoisotopic (exact) mass is 524 g/mol. The van der Waals surface area contributed by atoms with E-state index in [4.69, 9.17) is 14.6 Å². The van der Waals surface area contributed by atoms with Gasteiger partial charge in [0.05, 0.1) is 7.11 Å². The summed E-state index contributed by atoms with van der Waals surface area (Å²) in [6.45, 7) is 8.72. The van der Waals surface area contributed by atoms with Gasteiger partial charge in [0, 0.05) is 18.1 Å². The summed E-state index contributed by atoms with van der Waals surface area (Å²) in [5.74, 6) is -0.497. The third-order valence-corrected chi connectivity index (χ3v) is 7.18. The summed E-state index contributed by atoms with van der Waals surface area (Å²) in [5, 5.41) is 8.91. The van der Waals surface area contributed by atoms with Crippen molar-refractivity contribution in [2.45, 2.75) is 72.3 Å². The van der Waals surface area contributed by atoms with Crippen LogP contribution >= 0.6 is 0 Å². The van der Waals surface area contributed by atoms with E-state index < -0.39 is 11.8 Å². The van der Waals surface area contributed by atoms with Crippen molar-refractivity contribution in [1.82, 2.24) is 0 Å². The molecule has 0 spiro atoms. The minimum atomic E-state index is -0.934. The van der Waals surface area contributed by atoms with E-state index >= 15 is 0 Å². The maximum Gasteiger partial charge on any atom is 0.303 e. The minimum absolute atomic E-state index is 0.0746. The van der Waals surface area contributed by atoms with E-state index in [0.717, 1.165) is 36.0 Å². The number of benzene rings is 3. The molecular formula is C32H38F2O4. The zero-order valence-corrected chi connectivity index (χ0v) is 22.9. The van der Waals surface area contributed by atoms with Crippen LogP contribution in [-0.2, 0) is 17.8 Å². The van der Waals surface area contributed by atoms with Crippen LogP contribution in [0.3, 0.4) is 0 Å². The van der Waals surface area contributed by atoms with Gasteiger partial charge in [-0.05, 0) is 83.2 Å². The van der Waals surface area contributed by atoms with Gasteiger partial charge in [-0.15, -0.1) is 0 Å². The van der Waals surface area contributed by atoms with Crippen LogP contribution < -0.4 is 9.47 Å². The van der Waals surface area contributed by atoms with Crippen molar-refractivity contribution < 1.29 is 28.2 Å². The predicted molar refractivity (Wildman–Crippen MR) is 147 cm³/mol. The number of aliphatic carboxylic acids is 1. The van der Waals surface area contributed by atoms with Gasteiger partial charge >= 0.3 is 5.97 Å². The lowest BCUT2D eigenvalue weighted by Gasteiger charge is -2.30. The van der Waals surface area contributed by atoms with Crippen molar-refractivity contribution in [1.29, 1.82) is 0 Å². The van der Waals surface area contributed by atoms with Gasteiger partial charge < -0.3 is 14.6 Å². The average Bonchev–Trinajstić information content (AvgIpc) is 3.26. The molecule has 1 saturated carbocycles. The Bertz CT molecular complexity index is 1250. The van der Waals surface area contributed by atoms with Gasteiger partial charge in [-0.1, -0.05) is 52.3 Å². The Balaban J connectivity index is 0.00000195. The number of carboxylic acids is 1. The number of methoxy groups -OCH3 is 1. The van der Waals surface area contributed by atoms with Crippen LogP contribution in [0.2, 0.25) is 0 Å². The molecule has 1 unspecified atom stereocenters. The number of ether oxygens (including phenoxy) is 2. The fraction of sp³-hybridized carbons (Fsp3) is 0.406. The van der Waals surface area contributed by atoms with E-state index in [1.807, 2.05) is 26.0 Å². The summed E-state index contributed by atoms with van der Waals surface area (Å²) in [5.41, 5.74) is 3.97. The van der Waals surface area contributed by atoms with Gasteiger partial charge in [0.15, 0.2) is 0 Å². The van der Waals surface area contributed by atoms with Crippen molar-refractivity contribution in [3.63, 3.8) is 0 Å². The van der Waals surface area contributed by atoms with Gasteiger partial charge in [0.1, 0.15) is 29.7 Å². The summed E-state index contributed by atoms with van der Waals surface area (Å²) >= 11 is 0. The first kappa shape index (κ1) is 29.2. The Labute approximate surface area is 224 Å². The Hall–Kier alpha value is -3.41. The molecule has 0 saturated heterocycles. The van der Waals surface area contributed by atoms with Gasteiger partial charge in [0.25, 0.3) is 0 Å².